The molecule has 2 atom stereocenters. The van der Waals surface area contributed by atoms with Crippen molar-refractivity contribution in [2.75, 3.05) is 14.1 Å². The van der Waals surface area contributed by atoms with Crippen molar-refractivity contribution in [2.24, 2.45) is 11.8 Å². The van der Waals surface area contributed by atoms with Gasteiger partial charge in [0.2, 0.25) is 0 Å². The minimum absolute atomic E-state index is 0.000556. The highest BCUT2D eigenvalue weighted by Crippen LogP contribution is 2.31. The van der Waals surface area contributed by atoms with Crippen molar-refractivity contribution in [3.05, 3.63) is 35.6 Å². The molecule has 0 aliphatic rings. The normalized spacial score (nSPS) is 14.7. The lowest BCUT2D eigenvalue weighted by atomic mass is 9.85. The summed E-state index contributed by atoms with van der Waals surface area (Å²) in [6.45, 7) is 4.07. The molecular formula is C14H19FN2. The van der Waals surface area contributed by atoms with Crippen LogP contribution in [0.15, 0.2) is 24.3 Å². The molecule has 1 aromatic rings. The summed E-state index contributed by atoms with van der Waals surface area (Å²) in [5.41, 5.74) is 0.983. The largest absolute Gasteiger partial charge is 0.301 e. The van der Waals surface area contributed by atoms with Crippen LogP contribution in [0.2, 0.25) is 0 Å². The summed E-state index contributed by atoms with van der Waals surface area (Å²) in [5.74, 6) is -0.0859. The molecule has 0 saturated heterocycles. The van der Waals surface area contributed by atoms with Crippen LogP contribution in [0.3, 0.4) is 0 Å². The molecular weight excluding hydrogens is 215 g/mol. The molecule has 17 heavy (non-hydrogen) atoms. The Kier molecular flexibility index (Phi) is 4.65. The van der Waals surface area contributed by atoms with Crippen LogP contribution in [0, 0.1) is 29.0 Å². The van der Waals surface area contributed by atoms with Gasteiger partial charge in [-0.25, -0.2) is 4.39 Å². The quantitative estimate of drug-likeness (QED) is 0.799. The summed E-state index contributed by atoms with van der Waals surface area (Å²) in [6, 6.07) is 8.76. The van der Waals surface area contributed by atoms with E-state index >= 15 is 0 Å². The third-order valence-corrected chi connectivity index (χ3v) is 2.98. The van der Waals surface area contributed by atoms with Crippen molar-refractivity contribution in [1.29, 1.82) is 5.26 Å². The molecule has 1 aromatic carbocycles. The van der Waals surface area contributed by atoms with Gasteiger partial charge in [-0.05, 0) is 37.7 Å². The first-order chi connectivity index (χ1) is 7.97. The zero-order valence-electron chi connectivity index (χ0n) is 10.8. The standard InChI is InChI=1S/C14H19FN2/c1-10(2)13(9-16)14(17(3)4)11-5-7-12(15)8-6-11/h5-8,10,13-14H,1-4H3. The summed E-state index contributed by atoms with van der Waals surface area (Å²) in [6.07, 6.45) is 0. The Bertz CT molecular complexity index is 390. The van der Waals surface area contributed by atoms with Gasteiger partial charge in [0.15, 0.2) is 0 Å². The Hall–Kier alpha value is -1.40. The summed E-state index contributed by atoms with van der Waals surface area (Å²) in [4.78, 5) is 2.02. The van der Waals surface area contributed by atoms with Crippen LogP contribution in [-0.4, -0.2) is 19.0 Å². The van der Waals surface area contributed by atoms with Crippen LogP contribution in [-0.2, 0) is 0 Å². The van der Waals surface area contributed by atoms with E-state index in [4.69, 9.17) is 0 Å². The minimum atomic E-state index is -0.246. The van der Waals surface area contributed by atoms with Crippen LogP contribution in [0.25, 0.3) is 0 Å². The van der Waals surface area contributed by atoms with E-state index in [1.165, 1.54) is 12.1 Å². The Morgan fingerprint density at radius 3 is 2.06 bits per heavy atom. The van der Waals surface area contributed by atoms with Gasteiger partial charge < -0.3 is 4.90 Å². The zero-order chi connectivity index (χ0) is 13.0. The third kappa shape index (κ3) is 3.28. The van der Waals surface area contributed by atoms with Gasteiger partial charge in [0.1, 0.15) is 5.82 Å². The molecule has 0 aliphatic carbocycles. The van der Waals surface area contributed by atoms with Crippen molar-refractivity contribution in [2.45, 2.75) is 19.9 Å². The predicted molar refractivity (Wildman–Crippen MR) is 66.8 cm³/mol. The molecule has 0 radical (unpaired) electrons. The van der Waals surface area contributed by atoms with Crippen molar-refractivity contribution in [3.8, 4) is 6.07 Å². The SMILES string of the molecule is CC(C)C(C#N)C(c1ccc(F)cc1)N(C)C. The molecule has 0 aliphatic heterocycles. The molecule has 0 heterocycles. The van der Waals surface area contributed by atoms with Crippen LogP contribution in [0.5, 0.6) is 0 Å². The molecule has 0 N–H and O–H groups in total. The molecule has 1 rings (SSSR count). The van der Waals surface area contributed by atoms with Gasteiger partial charge in [0.25, 0.3) is 0 Å². The van der Waals surface area contributed by atoms with Gasteiger partial charge in [-0.3, -0.25) is 0 Å². The first kappa shape index (κ1) is 13.7. The number of hydrogen-bond acceptors (Lipinski definition) is 2. The second-order valence-electron chi connectivity index (χ2n) is 4.86. The number of rotatable bonds is 4. The van der Waals surface area contributed by atoms with E-state index in [0.29, 0.717) is 0 Å². The lowest BCUT2D eigenvalue weighted by molar-refractivity contribution is 0.210. The van der Waals surface area contributed by atoms with E-state index in [0.717, 1.165) is 5.56 Å². The molecule has 0 bridgehead atoms. The summed E-state index contributed by atoms with van der Waals surface area (Å²) >= 11 is 0. The van der Waals surface area contributed by atoms with Crippen molar-refractivity contribution in [1.82, 2.24) is 4.90 Å². The smallest absolute Gasteiger partial charge is 0.123 e. The second-order valence-corrected chi connectivity index (χ2v) is 4.86. The van der Waals surface area contributed by atoms with Gasteiger partial charge in [-0.1, -0.05) is 26.0 Å². The summed E-state index contributed by atoms with van der Waals surface area (Å²) in [5, 5.41) is 9.28. The maximum absolute atomic E-state index is 12.9. The lowest BCUT2D eigenvalue weighted by Gasteiger charge is -2.31. The molecule has 0 aromatic heterocycles. The highest BCUT2D eigenvalue weighted by Gasteiger charge is 2.27. The first-order valence-corrected chi connectivity index (χ1v) is 5.79. The van der Waals surface area contributed by atoms with Crippen molar-refractivity contribution >= 4 is 0 Å². The zero-order valence-corrected chi connectivity index (χ0v) is 10.8. The average Bonchev–Trinajstić information content (AvgIpc) is 2.26. The van der Waals surface area contributed by atoms with E-state index < -0.39 is 0 Å². The Morgan fingerprint density at radius 2 is 1.71 bits per heavy atom. The number of halogens is 1. The monoisotopic (exact) mass is 234 g/mol. The maximum atomic E-state index is 12.9. The van der Waals surface area contributed by atoms with Gasteiger partial charge in [-0.15, -0.1) is 0 Å². The average molecular weight is 234 g/mol. The van der Waals surface area contributed by atoms with Gasteiger partial charge >= 0.3 is 0 Å². The van der Waals surface area contributed by atoms with Crippen molar-refractivity contribution < 1.29 is 4.39 Å². The Balaban J connectivity index is 3.09. The number of nitriles is 1. The van der Waals surface area contributed by atoms with Crippen LogP contribution < -0.4 is 0 Å². The fourth-order valence-corrected chi connectivity index (χ4v) is 2.07. The van der Waals surface area contributed by atoms with Gasteiger partial charge in [0, 0.05) is 0 Å². The Labute approximate surface area is 103 Å². The van der Waals surface area contributed by atoms with E-state index in [1.807, 2.05) is 32.8 Å². The lowest BCUT2D eigenvalue weighted by Crippen LogP contribution is -2.29. The fraction of sp³-hybridized carbons (Fsp3) is 0.500. The van der Waals surface area contributed by atoms with E-state index in [2.05, 4.69) is 6.07 Å². The predicted octanol–water partition coefficient (Wildman–Crippen LogP) is 3.22. The van der Waals surface area contributed by atoms with Crippen LogP contribution >= 0.6 is 0 Å². The fourth-order valence-electron chi connectivity index (χ4n) is 2.07. The molecule has 0 saturated carbocycles. The molecule has 0 spiro atoms. The van der Waals surface area contributed by atoms with Crippen molar-refractivity contribution in [3.63, 3.8) is 0 Å². The maximum Gasteiger partial charge on any atom is 0.123 e. The third-order valence-electron chi connectivity index (χ3n) is 2.98. The van der Waals surface area contributed by atoms with Gasteiger partial charge in [0.05, 0.1) is 18.0 Å². The molecule has 3 heteroatoms. The number of nitrogens with zero attached hydrogens (tertiary/aromatic N) is 2. The molecule has 92 valence electrons. The van der Waals surface area contributed by atoms with Crippen LogP contribution in [0.4, 0.5) is 4.39 Å². The molecule has 0 amide bonds. The highest BCUT2D eigenvalue weighted by molar-refractivity contribution is 5.22. The van der Waals surface area contributed by atoms with E-state index in [1.54, 1.807) is 12.1 Å². The molecule has 2 unspecified atom stereocenters. The van der Waals surface area contributed by atoms with Gasteiger partial charge in [-0.2, -0.15) is 5.26 Å². The van der Waals surface area contributed by atoms with E-state index in [9.17, 15) is 9.65 Å². The second kappa shape index (κ2) is 5.79. The summed E-state index contributed by atoms with van der Waals surface area (Å²) < 4.78 is 12.9. The highest BCUT2D eigenvalue weighted by atomic mass is 19.1. The Morgan fingerprint density at radius 1 is 1.18 bits per heavy atom. The van der Waals surface area contributed by atoms with E-state index in [-0.39, 0.29) is 23.7 Å². The first-order valence-electron chi connectivity index (χ1n) is 5.79. The number of benzene rings is 1. The number of hydrogen-bond donors (Lipinski definition) is 0. The minimum Gasteiger partial charge on any atom is -0.301 e. The molecule has 0 fully saturated rings. The topological polar surface area (TPSA) is 27.0 Å². The summed E-state index contributed by atoms with van der Waals surface area (Å²) in [7, 11) is 3.89. The molecule has 2 nitrogen and oxygen atoms in total. The van der Waals surface area contributed by atoms with Crippen LogP contribution in [0.1, 0.15) is 25.5 Å².